The SMILES string of the molecule is CCCCCCCCCCCCCC(=O)C(=O)CCC(CCCCCCCCCCCC)C1=NCCN1. The van der Waals surface area contributed by atoms with E-state index in [9.17, 15) is 9.59 Å². The first kappa shape index (κ1) is 33.8. The lowest BCUT2D eigenvalue weighted by Crippen LogP contribution is -2.28. The van der Waals surface area contributed by atoms with Gasteiger partial charge in [0.2, 0.25) is 0 Å². The van der Waals surface area contributed by atoms with Crippen LogP contribution in [0.15, 0.2) is 4.99 Å². The van der Waals surface area contributed by atoms with E-state index in [1.54, 1.807) is 0 Å². The highest BCUT2D eigenvalue weighted by atomic mass is 16.2. The second kappa shape index (κ2) is 25.1. The largest absolute Gasteiger partial charge is 0.372 e. The van der Waals surface area contributed by atoms with Gasteiger partial charge in [0.25, 0.3) is 0 Å². The number of rotatable bonds is 28. The molecule has 1 rings (SSSR count). The zero-order valence-corrected chi connectivity index (χ0v) is 24.9. The number of Topliss-reactive ketones (excluding diaryl/α,β-unsaturated/α-hetero) is 2. The molecule has 0 spiro atoms. The van der Waals surface area contributed by atoms with Crippen molar-refractivity contribution < 1.29 is 9.59 Å². The lowest BCUT2D eigenvalue weighted by Gasteiger charge is -2.17. The molecule has 37 heavy (non-hydrogen) atoms. The Morgan fingerprint density at radius 1 is 0.595 bits per heavy atom. The van der Waals surface area contributed by atoms with Crippen LogP contribution in [0.25, 0.3) is 0 Å². The van der Waals surface area contributed by atoms with Crippen molar-refractivity contribution in [3.05, 3.63) is 0 Å². The highest BCUT2D eigenvalue weighted by Crippen LogP contribution is 2.20. The van der Waals surface area contributed by atoms with Crippen LogP contribution in [0.3, 0.4) is 0 Å². The van der Waals surface area contributed by atoms with Crippen LogP contribution in [-0.2, 0) is 9.59 Å². The second-order valence-electron chi connectivity index (χ2n) is 11.5. The number of nitrogens with zero attached hydrogens (tertiary/aromatic N) is 1. The van der Waals surface area contributed by atoms with Crippen LogP contribution in [0.2, 0.25) is 0 Å². The highest BCUT2D eigenvalue weighted by Gasteiger charge is 2.21. The molecule has 0 bridgehead atoms. The fourth-order valence-corrected chi connectivity index (χ4v) is 5.52. The van der Waals surface area contributed by atoms with Gasteiger partial charge in [-0.15, -0.1) is 0 Å². The van der Waals surface area contributed by atoms with Crippen LogP contribution in [0, 0.1) is 5.92 Å². The maximum Gasteiger partial charge on any atom is 0.198 e. The number of nitrogens with one attached hydrogen (secondary N) is 1. The summed E-state index contributed by atoms with van der Waals surface area (Å²) in [6.45, 7) is 6.29. The summed E-state index contributed by atoms with van der Waals surface area (Å²) >= 11 is 0. The van der Waals surface area contributed by atoms with E-state index in [2.05, 4.69) is 24.2 Å². The standard InChI is InChI=1S/C33H62N2O2/c1-3-5-7-9-11-13-15-17-19-21-23-25-31(36)32(37)27-26-30(33-34-28-29-35-33)24-22-20-18-16-14-12-10-8-6-4-2/h30H,3-29H2,1-2H3,(H,34,35). The first-order chi connectivity index (χ1) is 18.2. The summed E-state index contributed by atoms with van der Waals surface area (Å²) in [5.74, 6) is 1.10. The van der Waals surface area contributed by atoms with Crippen LogP contribution in [0.1, 0.15) is 174 Å². The fourth-order valence-electron chi connectivity index (χ4n) is 5.52. The molecular formula is C33H62N2O2. The van der Waals surface area contributed by atoms with Gasteiger partial charge in [-0.2, -0.15) is 0 Å². The summed E-state index contributed by atoms with van der Waals surface area (Å²) in [6.07, 6.45) is 30.0. The maximum atomic E-state index is 12.5. The number of hydrogen-bond donors (Lipinski definition) is 1. The van der Waals surface area contributed by atoms with Gasteiger partial charge in [-0.05, 0) is 19.3 Å². The van der Waals surface area contributed by atoms with Crippen LogP contribution in [-0.4, -0.2) is 30.5 Å². The molecule has 0 radical (unpaired) electrons. The van der Waals surface area contributed by atoms with E-state index in [1.807, 2.05) is 0 Å². The molecule has 216 valence electrons. The van der Waals surface area contributed by atoms with E-state index >= 15 is 0 Å². The summed E-state index contributed by atoms with van der Waals surface area (Å²) < 4.78 is 0. The smallest absolute Gasteiger partial charge is 0.198 e. The van der Waals surface area contributed by atoms with Gasteiger partial charge in [0.15, 0.2) is 11.6 Å². The van der Waals surface area contributed by atoms with Crippen molar-refractivity contribution in [2.24, 2.45) is 10.9 Å². The molecule has 1 heterocycles. The summed E-state index contributed by atoms with van der Waals surface area (Å²) in [5.41, 5.74) is 0. The van der Waals surface area contributed by atoms with Crippen LogP contribution >= 0.6 is 0 Å². The van der Waals surface area contributed by atoms with Gasteiger partial charge in [-0.3, -0.25) is 14.6 Å². The average molecular weight is 519 g/mol. The van der Waals surface area contributed by atoms with Crippen molar-refractivity contribution >= 4 is 17.4 Å². The molecule has 1 unspecified atom stereocenters. The molecule has 0 amide bonds. The molecule has 4 nitrogen and oxygen atoms in total. The third kappa shape index (κ3) is 19.5. The zero-order chi connectivity index (χ0) is 26.8. The molecule has 0 aromatic carbocycles. The summed E-state index contributed by atoms with van der Waals surface area (Å²) in [5, 5.41) is 3.42. The Balaban J connectivity index is 2.11. The third-order valence-electron chi connectivity index (χ3n) is 8.03. The second-order valence-corrected chi connectivity index (χ2v) is 11.5. The van der Waals surface area contributed by atoms with E-state index in [4.69, 9.17) is 0 Å². The van der Waals surface area contributed by atoms with E-state index in [-0.39, 0.29) is 11.6 Å². The first-order valence-electron chi connectivity index (χ1n) is 16.5. The molecule has 1 atom stereocenters. The Kier molecular flexibility index (Phi) is 23.0. The monoisotopic (exact) mass is 518 g/mol. The maximum absolute atomic E-state index is 12.5. The van der Waals surface area contributed by atoms with Crippen LogP contribution < -0.4 is 5.32 Å². The van der Waals surface area contributed by atoms with E-state index in [1.165, 1.54) is 122 Å². The Morgan fingerprint density at radius 2 is 1.03 bits per heavy atom. The van der Waals surface area contributed by atoms with Gasteiger partial charge < -0.3 is 5.32 Å². The van der Waals surface area contributed by atoms with E-state index < -0.39 is 0 Å². The predicted molar refractivity (Wildman–Crippen MR) is 161 cm³/mol. The van der Waals surface area contributed by atoms with Gasteiger partial charge in [0.05, 0.1) is 12.4 Å². The lowest BCUT2D eigenvalue weighted by atomic mass is 9.92. The van der Waals surface area contributed by atoms with Gasteiger partial charge in [-0.1, -0.05) is 142 Å². The number of ketones is 2. The van der Waals surface area contributed by atoms with Crippen molar-refractivity contribution in [1.82, 2.24) is 5.32 Å². The molecule has 0 saturated carbocycles. The Bertz CT molecular complexity index is 587. The van der Waals surface area contributed by atoms with E-state index in [0.29, 0.717) is 18.8 Å². The molecule has 0 aliphatic carbocycles. The fraction of sp³-hybridized carbons (Fsp3) is 0.909. The number of unbranched alkanes of at least 4 members (excludes halogenated alkanes) is 19. The topological polar surface area (TPSA) is 58.5 Å². The van der Waals surface area contributed by atoms with Gasteiger partial charge in [0.1, 0.15) is 0 Å². The normalized spacial score (nSPS) is 13.9. The van der Waals surface area contributed by atoms with Crippen molar-refractivity contribution in [3.63, 3.8) is 0 Å². The Hall–Kier alpha value is -1.19. The molecule has 0 fully saturated rings. The van der Waals surface area contributed by atoms with Crippen molar-refractivity contribution in [2.45, 2.75) is 174 Å². The minimum Gasteiger partial charge on any atom is -0.372 e. The summed E-state index contributed by atoms with van der Waals surface area (Å²) in [4.78, 5) is 29.5. The van der Waals surface area contributed by atoms with Crippen molar-refractivity contribution in [2.75, 3.05) is 13.1 Å². The van der Waals surface area contributed by atoms with Crippen molar-refractivity contribution in [3.8, 4) is 0 Å². The molecule has 1 aliphatic heterocycles. The van der Waals surface area contributed by atoms with Crippen LogP contribution in [0.4, 0.5) is 0 Å². The molecule has 4 heteroatoms. The quantitative estimate of drug-likeness (QED) is 0.0828. The molecule has 0 aromatic heterocycles. The number of aliphatic imine (C=N–C) groups is 1. The molecule has 0 saturated heterocycles. The van der Waals surface area contributed by atoms with Crippen molar-refractivity contribution in [1.29, 1.82) is 0 Å². The number of carbonyl (C=O) groups excluding carboxylic acids is 2. The highest BCUT2D eigenvalue weighted by molar-refractivity contribution is 6.37. The summed E-state index contributed by atoms with van der Waals surface area (Å²) in [7, 11) is 0. The summed E-state index contributed by atoms with van der Waals surface area (Å²) in [6, 6.07) is 0. The predicted octanol–water partition coefficient (Wildman–Crippen LogP) is 9.53. The molecule has 1 aliphatic rings. The molecule has 1 N–H and O–H groups in total. The molecule has 0 aromatic rings. The number of carbonyl (C=O) groups is 2. The Labute approximate surface area is 230 Å². The zero-order valence-electron chi connectivity index (χ0n) is 24.9. The van der Waals surface area contributed by atoms with Gasteiger partial charge in [0, 0.05) is 25.3 Å². The number of amidine groups is 1. The van der Waals surface area contributed by atoms with Gasteiger partial charge >= 0.3 is 0 Å². The lowest BCUT2D eigenvalue weighted by molar-refractivity contribution is -0.136. The minimum atomic E-state index is -0.154. The van der Waals surface area contributed by atoms with Crippen LogP contribution in [0.5, 0.6) is 0 Å². The average Bonchev–Trinajstić information content (AvgIpc) is 3.44. The van der Waals surface area contributed by atoms with Gasteiger partial charge in [-0.25, -0.2) is 0 Å². The number of hydrogen-bond acceptors (Lipinski definition) is 4. The Morgan fingerprint density at radius 3 is 1.49 bits per heavy atom. The minimum absolute atomic E-state index is 0.144. The first-order valence-corrected chi connectivity index (χ1v) is 16.5. The van der Waals surface area contributed by atoms with E-state index in [0.717, 1.165) is 44.6 Å². The molecular weight excluding hydrogens is 456 g/mol. The third-order valence-corrected chi connectivity index (χ3v) is 8.03.